The highest BCUT2D eigenvalue weighted by Crippen LogP contribution is 2.33. The molecular formula is C18H19FN2O4S. The van der Waals surface area contributed by atoms with E-state index >= 15 is 0 Å². The smallest absolute Gasteiger partial charge is 0.265 e. The van der Waals surface area contributed by atoms with Crippen molar-refractivity contribution >= 4 is 27.3 Å². The van der Waals surface area contributed by atoms with Gasteiger partial charge in [0, 0.05) is 5.69 Å². The first-order valence-electron chi connectivity index (χ1n) is 8.29. The second kappa shape index (κ2) is 7.33. The van der Waals surface area contributed by atoms with Crippen LogP contribution in [0, 0.1) is 5.82 Å². The summed E-state index contributed by atoms with van der Waals surface area (Å²) in [5.74, 6) is -0.308. The molecular weight excluding hydrogens is 359 g/mol. The van der Waals surface area contributed by atoms with E-state index in [1.165, 1.54) is 30.3 Å². The second-order valence-electron chi connectivity index (χ2n) is 6.01. The molecule has 1 aliphatic heterocycles. The van der Waals surface area contributed by atoms with E-state index in [2.05, 4.69) is 10.0 Å². The third kappa shape index (κ3) is 3.96. The Balaban J connectivity index is 1.81. The van der Waals surface area contributed by atoms with Gasteiger partial charge in [0.2, 0.25) is 0 Å². The van der Waals surface area contributed by atoms with Gasteiger partial charge in [0.25, 0.3) is 15.9 Å². The number of anilines is 2. The number of ether oxygens (including phenoxy) is 1. The van der Waals surface area contributed by atoms with Crippen LogP contribution in [0.1, 0.15) is 26.2 Å². The normalized spacial score (nSPS) is 16.4. The Morgan fingerprint density at radius 1 is 1.19 bits per heavy atom. The Kier molecular flexibility index (Phi) is 5.13. The summed E-state index contributed by atoms with van der Waals surface area (Å²) in [7, 11) is -3.88. The van der Waals surface area contributed by atoms with Crippen molar-refractivity contribution in [2.45, 2.75) is 37.2 Å². The summed E-state index contributed by atoms with van der Waals surface area (Å²) in [4.78, 5) is 12.1. The predicted octanol–water partition coefficient (Wildman–Crippen LogP) is 3.52. The summed E-state index contributed by atoms with van der Waals surface area (Å²) < 4.78 is 46.0. The first-order chi connectivity index (χ1) is 12.4. The molecule has 0 saturated heterocycles. The number of benzene rings is 2. The van der Waals surface area contributed by atoms with Crippen LogP contribution in [0.3, 0.4) is 0 Å². The van der Waals surface area contributed by atoms with Crippen LogP contribution in [0.5, 0.6) is 5.75 Å². The molecule has 0 bridgehead atoms. The Morgan fingerprint density at radius 3 is 2.62 bits per heavy atom. The summed E-state index contributed by atoms with van der Waals surface area (Å²) in [5, 5.41) is 2.70. The molecule has 138 valence electrons. The fourth-order valence-electron chi connectivity index (χ4n) is 2.61. The second-order valence-corrected chi connectivity index (χ2v) is 7.69. The van der Waals surface area contributed by atoms with Crippen molar-refractivity contribution in [3.05, 3.63) is 48.3 Å². The molecule has 26 heavy (non-hydrogen) atoms. The molecule has 2 aromatic rings. The molecule has 8 heteroatoms. The maximum Gasteiger partial charge on any atom is 0.265 e. The lowest BCUT2D eigenvalue weighted by molar-refractivity contribution is -0.123. The molecule has 2 N–H and O–H groups in total. The van der Waals surface area contributed by atoms with E-state index in [9.17, 15) is 17.6 Å². The van der Waals surface area contributed by atoms with Gasteiger partial charge in [0.15, 0.2) is 6.10 Å². The minimum absolute atomic E-state index is 0.0310. The van der Waals surface area contributed by atoms with E-state index in [1.54, 1.807) is 0 Å². The lowest BCUT2D eigenvalue weighted by Crippen LogP contribution is -2.37. The topological polar surface area (TPSA) is 84.5 Å². The van der Waals surface area contributed by atoms with Crippen molar-refractivity contribution in [3.63, 3.8) is 0 Å². The fourth-order valence-corrected chi connectivity index (χ4v) is 3.69. The number of unbranched alkanes of at least 4 members (excludes halogenated alkanes) is 1. The predicted molar refractivity (Wildman–Crippen MR) is 96.2 cm³/mol. The Morgan fingerprint density at radius 2 is 1.92 bits per heavy atom. The molecule has 1 amide bonds. The van der Waals surface area contributed by atoms with Crippen LogP contribution in [0.25, 0.3) is 0 Å². The third-order valence-corrected chi connectivity index (χ3v) is 5.38. The van der Waals surface area contributed by atoms with Crippen LogP contribution in [0.4, 0.5) is 15.8 Å². The highest BCUT2D eigenvalue weighted by Gasteiger charge is 2.28. The average Bonchev–Trinajstić information content (AvgIpc) is 2.61. The molecule has 1 heterocycles. The van der Waals surface area contributed by atoms with Crippen molar-refractivity contribution < 1.29 is 22.3 Å². The molecule has 2 aromatic carbocycles. The summed E-state index contributed by atoms with van der Waals surface area (Å²) >= 11 is 0. The van der Waals surface area contributed by atoms with E-state index in [4.69, 9.17) is 4.74 Å². The van der Waals surface area contributed by atoms with Crippen molar-refractivity contribution in [2.75, 3.05) is 10.0 Å². The first-order valence-corrected chi connectivity index (χ1v) is 9.77. The number of hydrogen-bond donors (Lipinski definition) is 2. The van der Waals surface area contributed by atoms with Crippen molar-refractivity contribution in [3.8, 4) is 5.75 Å². The lowest BCUT2D eigenvalue weighted by Gasteiger charge is -2.26. The minimum atomic E-state index is -3.88. The minimum Gasteiger partial charge on any atom is -0.478 e. The molecule has 1 aliphatic rings. The van der Waals surface area contributed by atoms with Crippen LogP contribution in [-0.4, -0.2) is 20.4 Å². The van der Waals surface area contributed by atoms with Crippen LogP contribution < -0.4 is 14.8 Å². The molecule has 3 rings (SSSR count). The largest absolute Gasteiger partial charge is 0.478 e. The summed E-state index contributed by atoms with van der Waals surface area (Å²) in [6.07, 6.45) is 1.85. The van der Waals surface area contributed by atoms with Gasteiger partial charge in [-0.1, -0.05) is 13.3 Å². The van der Waals surface area contributed by atoms with Gasteiger partial charge < -0.3 is 10.1 Å². The molecule has 6 nitrogen and oxygen atoms in total. The molecule has 0 radical (unpaired) electrons. The molecule has 0 spiro atoms. The van der Waals surface area contributed by atoms with Crippen molar-refractivity contribution in [1.29, 1.82) is 0 Å². The lowest BCUT2D eigenvalue weighted by atomic mass is 10.1. The van der Waals surface area contributed by atoms with Gasteiger partial charge in [0.05, 0.1) is 10.6 Å². The monoisotopic (exact) mass is 378 g/mol. The molecule has 0 saturated carbocycles. The molecule has 1 atom stereocenters. The first kappa shape index (κ1) is 18.2. The van der Waals surface area contributed by atoms with Gasteiger partial charge >= 0.3 is 0 Å². The zero-order valence-corrected chi connectivity index (χ0v) is 15.0. The molecule has 0 unspecified atom stereocenters. The zero-order chi connectivity index (χ0) is 18.7. The van der Waals surface area contributed by atoms with Gasteiger partial charge in [-0.2, -0.15) is 0 Å². The summed E-state index contributed by atoms with van der Waals surface area (Å²) in [6.45, 7) is 2.03. The Labute approximate surface area is 151 Å². The maximum atomic E-state index is 12.9. The Hall–Kier alpha value is -2.61. The van der Waals surface area contributed by atoms with Gasteiger partial charge in [-0.25, -0.2) is 12.8 Å². The number of halogens is 1. The standard InChI is InChI=1S/C18H19FN2O4S/c1-2-3-4-17-18(22)20-15-11-14(9-10-16(15)25-17)26(23,24)21-13-7-5-12(19)6-8-13/h5-11,17,21H,2-4H2,1H3,(H,20,22)/t17-/m0/s1. The SMILES string of the molecule is CCCC[C@@H]1Oc2ccc(S(=O)(=O)Nc3ccc(F)cc3)cc2NC1=O. The molecule has 0 aliphatic carbocycles. The van der Waals surface area contributed by atoms with Crippen LogP contribution >= 0.6 is 0 Å². The maximum absolute atomic E-state index is 12.9. The quantitative estimate of drug-likeness (QED) is 0.806. The number of rotatable bonds is 6. The number of hydrogen-bond acceptors (Lipinski definition) is 4. The average molecular weight is 378 g/mol. The van der Waals surface area contributed by atoms with Crippen LogP contribution in [0.2, 0.25) is 0 Å². The Bertz CT molecular complexity index is 913. The van der Waals surface area contributed by atoms with E-state index in [1.807, 2.05) is 6.92 Å². The van der Waals surface area contributed by atoms with Gasteiger partial charge in [-0.05, 0) is 55.3 Å². The van der Waals surface area contributed by atoms with Crippen molar-refractivity contribution in [2.24, 2.45) is 0 Å². The number of carbonyl (C=O) groups excluding carboxylic acids is 1. The van der Waals surface area contributed by atoms with Gasteiger partial charge in [0.1, 0.15) is 11.6 Å². The number of nitrogens with one attached hydrogen (secondary N) is 2. The third-order valence-electron chi connectivity index (χ3n) is 4.00. The fraction of sp³-hybridized carbons (Fsp3) is 0.278. The highest BCUT2D eigenvalue weighted by atomic mass is 32.2. The highest BCUT2D eigenvalue weighted by molar-refractivity contribution is 7.92. The summed E-state index contributed by atoms with van der Waals surface area (Å²) in [5.41, 5.74) is 0.550. The molecule has 0 fully saturated rings. The van der Waals surface area contributed by atoms with Gasteiger partial charge in [-0.3, -0.25) is 9.52 Å². The summed E-state index contributed by atoms with van der Waals surface area (Å²) in [6, 6.07) is 9.24. The van der Waals surface area contributed by atoms with E-state index in [0.717, 1.165) is 25.0 Å². The number of carbonyl (C=O) groups is 1. The number of fused-ring (bicyclic) bond motifs is 1. The zero-order valence-electron chi connectivity index (χ0n) is 14.2. The van der Waals surface area contributed by atoms with E-state index in [-0.39, 0.29) is 16.5 Å². The van der Waals surface area contributed by atoms with Crippen molar-refractivity contribution in [1.82, 2.24) is 0 Å². The van der Waals surface area contributed by atoms with Crippen LogP contribution in [-0.2, 0) is 14.8 Å². The number of sulfonamides is 1. The van der Waals surface area contributed by atoms with Gasteiger partial charge in [-0.15, -0.1) is 0 Å². The van der Waals surface area contributed by atoms with E-state index in [0.29, 0.717) is 17.9 Å². The molecule has 0 aromatic heterocycles. The van der Waals surface area contributed by atoms with Crippen LogP contribution in [0.15, 0.2) is 47.4 Å². The van der Waals surface area contributed by atoms with E-state index < -0.39 is 21.9 Å². The number of amides is 1.